The Labute approximate surface area is 127 Å². The molecular formula is C16H29NO4. The second-order valence-corrected chi connectivity index (χ2v) is 7.95. The van der Waals surface area contributed by atoms with Crippen LogP contribution in [0.2, 0.25) is 0 Å². The van der Waals surface area contributed by atoms with Gasteiger partial charge in [0.25, 0.3) is 0 Å². The number of rotatable bonds is 3. The molecule has 0 bridgehead atoms. The molecule has 2 fully saturated rings. The summed E-state index contributed by atoms with van der Waals surface area (Å²) in [5.41, 5.74) is -0.939. The largest absolute Gasteiger partial charge is 0.396 e. The van der Waals surface area contributed by atoms with Crippen molar-refractivity contribution in [1.82, 2.24) is 4.90 Å². The quantitative estimate of drug-likeness (QED) is 0.809. The molecule has 0 aromatic heterocycles. The number of hydrogen-bond acceptors (Lipinski definition) is 4. The van der Waals surface area contributed by atoms with E-state index in [0.717, 1.165) is 12.8 Å². The summed E-state index contributed by atoms with van der Waals surface area (Å²) in [6.45, 7) is 11.3. The Bertz CT molecular complexity index is 371. The van der Waals surface area contributed by atoms with Crippen LogP contribution in [0, 0.1) is 5.41 Å². The monoisotopic (exact) mass is 299 g/mol. The van der Waals surface area contributed by atoms with Crippen molar-refractivity contribution in [2.45, 2.75) is 70.7 Å². The van der Waals surface area contributed by atoms with Crippen LogP contribution in [0.1, 0.15) is 53.9 Å². The van der Waals surface area contributed by atoms with E-state index in [1.807, 2.05) is 39.5 Å². The minimum Gasteiger partial charge on any atom is -0.396 e. The van der Waals surface area contributed by atoms with Gasteiger partial charge in [0.2, 0.25) is 6.41 Å². The van der Waals surface area contributed by atoms with Gasteiger partial charge in [-0.3, -0.25) is 4.79 Å². The number of amides is 1. The third-order valence-corrected chi connectivity index (χ3v) is 5.18. The molecule has 5 heteroatoms. The molecule has 0 saturated carbocycles. The predicted molar refractivity (Wildman–Crippen MR) is 79.7 cm³/mol. The van der Waals surface area contributed by atoms with Crippen LogP contribution >= 0.6 is 0 Å². The Kier molecular flexibility index (Phi) is 4.15. The lowest BCUT2D eigenvalue weighted by Gasteiger charge is -2.59. The van der Waals surface area contributed by atoms with Crippen LogP contribution in [-0.4, -0.2) is 53.1 Å². The van der Waals surface area contributed by atoms with Crippen molar-refractivity contribution in [1.29, 1.82) is 0 Å². The fraction of sp³-hybridized carbons (Fsp3) is 0.938. The topological polar surface area (TPSA) is 59.0 Å². The minimum atomic E-state index is -0.652. The zero-order valence-electron chi connectivity index (χ0n) is 13.9. The van der Waals surface area contributed by atoms with Crippen LogP contribution in [-0.2, 0) is 14.3 Å². The average Bonchev–Trinajstić information content (AvgIpc) is 2.38. The first kappa shape index (κ1) is 16.7. The van der Waals surface area contributed by atoms with Gasteiger partial charge in [0.05, 0.1) is 19.8 Å². The van der Waals surface area contributed by atoms with E-state index in [0.29, 0.717) is 26.1 Å². The third kappa shape index (κ3) is 2.83. The van der Waals surface area contributed by atoms with Gasteiger partial charge in [-0.25, -0.2) is 0 Å². The molecule has 1 N–H and O–H groups in total. The van der Waals surface area contributed by atoms with E-state index in [-0.39, 0.29) is 23.1 Å². The third-order valence-electron chi connectivity index (χ3n) is 5.18. The number of carbonyl (C=O) groups is 1. The highest BCUT2D eigenvalue weighted by molar-refractivity contribution is 5.51. The van der Waals surface area contributed by atoms with Crippen LogP contribution in [0.25, 0.3) is 0 Å². The number of piperidine rings is 1. The van der Waals surface area contributed by atoms with Crippen molar-refractivity contribution >= 4 is 6.41 Å². The number of likely N-dealkylation sites (tertiary alicyclic amines) is 1. The van der Waals surface area contributed by atoms with E-state index in [9.17, 15) is 9.90 Å². The lowest BCUT2D eigenvalue weighted by atomic mass is 9.75. The SMILES string of the molecule is CCC1(CO)COC2(CC(C)(C)N(C=O)C(C)(C)C2)OC1. The summed E-state index contributed by atoms with van der Waals surface area (Å²) in [5.74, 6) is -0.652. The first-order chi connectivity index (χ1) is 9.64. The Morgan fingerprint density at radius 3 is 1.90 bits per heavy atom. The summed E-state index contributed by atoms with van der Waals surface area (Å²) in [6, 6.07) is 0. The van der Waals surface area contributed by atoms with Crippen LogP contribution < -0.4 is 0 Å². The zero-order chi connectivity index (χ0) is 15.9. The van der Waals surface area contributed by atoms with E-state index < -0.39 is 5.79 Å². The maximum Gasteiger partial charge on any atom is 0.210 e. The summed E-state index contributed by atoms with van der Waals surface area (Å²) in [4.78, 5) is 13.3. The Hall–Kier alpha value is -0.650. The van der Waals surface area contributed by atoms with E-state index in [2.05, 4.69) is 0 Å². The fourth-order valence-corrected chi connectivity index (χ4v) is 3.92. The van der Waals surface area contributed by atoms with Crippen LogP contribution in [0.5, 0.6) is 0 Å². The summed E-state index contributed by atoms with van der Waals surface area (Å²) < 4.78 is 12.3. The number of ether oxygens (including phenoxy) is 2. The molecule has 5 nitrogen and oxygen atoms in total. The highest BCUT2D eigenvalue weighted by atomic mass is 16.7. The standard InChI is InChI=1S/C16H29NO4/c1-6-15(9-18)10-20-16(21-11-15)7-13(2,3)17(12-19)14(4,5)8-16/h12,18H,6-11H2,1-5H3. The predicted octanol–water partition coefficient (Wildman–Crippen LogP) is 1.93. The van der Waals surface area contributed by atoms with Gasteiger partial charge >= 0.3 is 0 Å². The van der Waals surface area contributed by atoms with Crippen molar-refractivity contribution in [3.63, 3.8) is 0 Å². The molecule has 2 rings (SSSR count). The first-order valence-electron chi connectivity index (χ1n) is 7.78. The number of hydrogen-bond donors (Lipinski definition) is 1. The van der Waals surface area contributed by atoms with Crippen molar-refractivity contribution in [3.05, 3.63) is 0 Å². The van der Waals surface area contributed by atoms with Gasteiger partial charge in [0.1, 0.15) is 0 Å². The molecular weight excluding hydrogens is 270 g/mol. The molecule has 21 heavy (non-hydrogen) atoms. The minimum absolute atomic E-state index is 0.0762. The summed E-state index contributed by atoms with van der Waals surface area (Å²) in [5, 5.41) is 9.60. The van der Waals surface area contributed by atoms with Crippen LogP contribution in [0.15, 0.2) is 0 Å². The van der Waals surface area contributed by atoms with Crippen molar-refractivity contribution in [2.75, 3.05) is 19.8 Å². The van der Waals surface area contributed by atoms with Crippen molar-refractivity contribution in [2.24, 2.45) is 5.41 Å². The van der Waals surface area contributed by atoms with Gasteiger partial charge in [-0.15, -0.1) is 0 Å². The van der Waals surface area contributed by atoms with Gasteiger partial charge < -0.3 is 19.5 Å². The number of aliphatic hydroxyl groups is 1. The molecule has 0 aromatic carbocycles. The highest BCUT2D eigenvalue weighted by Crippen LogP contribution is 2.48. The number of nitrogens with zero attached hydrogens (tertiary/aromatic N) is 1. The van der Waals surface area contributed by atoms with E-state index in [4.69, 9.17) is 9.47 Å². The first-order valence-corrected chi connectivity index (χ1v) is 7.78. The smallest absolute Gasteiger partial charge is 0.210 e. The molecule has 0 atom stereocenters. The van der Waals surface area contributed by atoms with Crippen LogP contribution in [0.4, 0.5) is 0 Å². The van der Waals surface area contributed by atoms with E-state index >= 15 is 0 Å². The lowest BCUT2D eigenvalue weighted by molar-refractivity contribution is -0.342. The molecule has 122 valence electrons. The van der Waals surface area contributed by atoms with Gasteiger partial charge in [-0.05, 0) is 34.1 Å². The normalized spacial score (nSPS) is 29.3. The number of carbonyl (C=O) groups excluding carboxylic acids is 1. The fourth-order valence-electron chi connectivity index (χ4n) is 3.92. The maximum absolute atomic E-state index is 11.5. The van der Waals surface area contributed by atoms with Crippen molar-refractivity contribution in [3.8, 4) is 0 Å². The Balaban J connectivity index is 2.21. The number of aliphatic hydroxyl groups excluding tert-OH is 1. The molecule has 0 aromatic rings. The molecule has 0 radical (unpaired) electrons. The zero-order valence-corrected chi connectivity index (χ0v) is 13.9. The molecule has 0 aliphatic carbocycles. The second-order valence-electron chi connectivity index (χ2n) is 7.95. The molecule has 0 unspecified atom stereocenters. The van der Waals surface area contributed by atoms with Gasteiger partial charge in [0, 0.05) is 29.3 Å². The highest BCUT2D eigenvalue weighted by Gasteiger charge is 2.56. The Morgan fingerprint density at radius 1 is 1.10 bits per heavy atom. The van der Waals surface area contributed by atoms with Crippen LogP contribution in [0.3, 0.4) is 0 Å². The summed E-state index contributed by atoms with van der Waals surface area (Å²) >= 11 is 0. The van der Waals surface area contributed by atoms with Gasteiger partial charge in [-0.1, -0.05) is 6.92 Å². The molecule has 2 heterocycles. The second kappa shape index (κ2) is 5.21. The molecule has 2 aliphatic rings. The van der Waals surface area contributed by atoms with Crippen molar-refractivity contribution < 1.29 is 19.4 Å². The van der Waals surface area contributed by atoms with E-state index in [1.54, 1.807) is 0 Å². The Morgan fingerprint density at radius 2 is 1.57 bits per heavy atom. The molecule has 1 spiro atoms. The summed E-state index contributed by atoms with van der Waals surface area (Å²) in [7, 11) is 0. The van der Waals surface area contributed by atoms with E-state index in [1.165, 1.54) is 0 Å². The summed E-state index contributed by atoms with van der Waals surface area (Å²) in [6.07, 6.45) is 3.05. The van der Waals surface area contributed by atoms with Gasteiger partial charge in [0.15, 0.2) is 5.79 Å². The molecule has 1 amide bonds. The molecule has 2 saturated heterocycles. The van der Waals surface area contributed by atoms with Gasteiger partial charge in [-0.2, -0.15) is 0 Å². The average molecular weight is 299 g/mol. The molecule has 2 aliphatic heterocycles. The maximum atomic E-state index is 11.5. The lowest BCUT2D eigenvalue weighted by Crippen LogP contribution is -2.68.